The van der Waals surface area contributed by atoms with Crippen LogP contribution in [-0.2, 0) is 11.3 Å². The number of pyridine rings is 1. The molecule has 30 heavy (non-hydrogen) atoms. The number of anilines is 1. The first kappa shape index (κ1) is 20.1. The van der Waals surface area contributed by atoms with Crippen molar-refractivity contribution in [2.45, 2.75) is 13.5 Å². The van der Waals surface area contributed by atoms with E-state index in [1.807, 2.05) is 24.4 Å². The number of benzene rings is 1. The first-order valence-corrected chi connectivity index (χ1v) is 10.4. The van der Waals surface area contributed by atoms with Crippen molar-refractivity contribution < 1.29 is 9.59 Å². The number of hydrogen-bond acceptors (Lipinski definition) is 5. The summed E-state index contributed by atoms with van der Waals surface area (Å²) in [5, 5.41) is 13.0. The Kier molecular flexibility index (Phi) is 5.78. The van der Waals surface area contributed by atoms with Crippen molar-refractivity contribution in [3.8, 4) is 0 Å². The lowest BCUT2D eigenvalue weighted by atomic mass is 10.1. The fourth-order valence-corrected chi connectivity index (χ4v) is 3.83. The van der Waals surface area contributed by atoms with Gasteiger partial charge in [0, 0.05) is 21.3 Å². The maximum Gasteiger partial charge on any atom is 0.252 e. The molecule has 3 aromatic heterocycles. The van der Waals surface area contributed by atoms with E-state index in [1.165, 1.54) is 0 Å². The summed E-state index contributed by atoms with van der Waals surface area (Å²) in [7, 11) is 0. The van der Waals surface area contributed by atoms with Gasteiger partial charge in [-0.05, 0) is 48.7 Å². The monoisotopic (exact) mass is 439 g/mol. The number of nitrogens with one attached hydrogen (secondary N) is 2. The van der Waals surface area contributed by atoms with Gasteiger partial charge >= 0.3 is 0 Å². The molecule has 0 spiro atoms. The highest BCUT2D eigenvalue weighted by atomic mass is 35.5. The molecule has 4 aromatic rings. The average molecular weight is 440 g/mol. The molecule has 0 radical (unpaired) electrons. The Bertz CT molecular complexity index is 1200. The molecule has 152 valence electrons. The van der Waals surface area contributed by atoms with E-state index in [0.717, 1.165) is 4.88 Å². The van der Waals surface area contributed by atoms with E-state index < -0.39 is 0 Å². The maximum absolute atomic E-state index is 12.8. The quantitative estimate of drug-likeness (QED) is 0.477. The predicted octanol–water partition coefficient (Wildman–Crippen LogP) is 3.87. The van der Waals surface area contributed by atoms with Crippen LogP contribution in [0.5, 0.6) is 0 Å². The molecule has 3 heterocycles. The highest BCUT2D eigenvalue weighted by Crippen LogP contribution is 2.20. The second kappa shape index (κ2) is 8.64. The van der Waals surface area contributed by atoms with Gasteiger partial charge < -0.3 is 10.6 Å². The van der Waals surface area contributed by atoms with Gasteiger partial charge in [0.05, 0.1) is 30.2 Å². The van der Waals surface area contributed by atoms with Crippen LogP contribution in [-0.4, -0.2) is 33.1 Å². The molecule has 0 aliphatic rings. The van der Waals surface area contributed by atoms with Crippen molar-refractivity contribution in [3.05, 3.63) is 75.2 Å². The summed E-state index contributed by atoms with van der Waals surface area (Å²) in [6.07, 6.45) is 1.64. The molecule has 0 saturated heterocycles. The van der Waals surface area contributed by atoms with Crippen LogP contribution in [0, 0.1) is 6.92 Å². The molecule has 2 amide bonds. The summed E-state index contributed by atoms with van der Waals surface area (Å²) in [6, 6.07) is 12.5. The number of nitrogens with zero attached hydrogens (tertiary/aromatic N) is 3. The highest BCUT2D eigenvalue weighted by molar-refractivity contribution is 7.09. The third-order valence-corrected chi connectivity index (χ3v) is 5.52. The van der Waals surface area contributed by atoms with Gasteiger partial charge in [0.2, 0.25) is 5.91 Å². The van der Waals surface area contributed by atoms with Crippen molar-refractivity contribution >= 4 is 51.5 Å². The molecular weight excluding hydrogens is 422 g/mol. The van der Waals surface area contributed by atoms with Crippen LogP contribution in [0.1, 0.15) is 20.9 Å². The third kappa shape index (κ3) is 4.50. The molecular formula is C21H18ClN5O2S. The van der Waals surface area contributed by atoms with E-state index >= 15 is 0 Å². The number of thiophene rings is 1. The van der Waals surface area contributed by atoms with Gasteiger partial charge in [-0.1, -0.05) is 17.7 Å². The van der Waals surface area contributed by atoms with Crippen LogP contribution >= 0.6 is 22.9 Å². The number of fused-ring (bicyclic) bond motifs is 1. The fraction of sp³-hybridized carbons (Fsp3) is 0.143. The summed E-state index contributed by atoms with van der Waals surface area (Å²) in [5.74, 6) is -0.687. The summed E-state index contributed by atoms with van der Waals surface area (Å²) in [4.78, 5) is 30.6. The number of rotatable bonds is 6. The zero-order valence-corrected chi connectivity index (χ0v) is 17.6. The Morgan fingerprint density at radius 2 is 2.00 bits per heavy atom. The van der Waals surface area contributed by atoms with E-state index in [-0.39, 0.29) is 18.4 Å². The minimum absolute atomic E-state index is 0.159. The van der Waals surface area contributed by atoms with Crippen molar-refractivity contribution in [2.24, 2.45) is 0 Å². The summed E-state index contributed by atoms with van der Waals surface area (Å²) in [6.45, 7) is 2.25. The molecule has 4 rings (SSSR count). The Morgan fingerprint density at radius 1 is 1.20 bits per heavy atom. The van der Waals surface area contributed by atoms with E-state index in [4.69, 9.17) is 11.6 Å². The number of hydrogen-bond donors (Lipinski definition) is 2. The minimum Gasteiger partial charge on any atom is -0.343 e. The average Bonchev–Trinajstić information content (AvgIpc) is 3.38. The number of amides is 2. The molecule has 0 aliphatic carbocycles. The molecule has 0 aliphatic heterocycles. The van der Waals surface area contributed by atoms with Gasteiger partial charge in [-0.2, -0.15) is 5.10 Å². The van der Waals surface area contributed by atoms with Gasteiger partial charge in [0.25, 0.3) is 5.91 Å². The first-order chi connectivity index (χ1) is 14.5. The number of aromatic nitrogens is 3. The minimum atomic E-state index is -0.354. The lowest BCUT2D eigenvalue weighted by molar-refractivity contribution is -0.115. The Morgan fingerprint density at radius 3 is 2.73 bits per heavy atom. The van der Waals surface area contributed by atoms with Gasteiger partial charge in [-0.3, -0.25) is 9.59 Å². The van der Waals surface area contributed by atoms with Crippen molar-refractivity contribution in [2.75, 3.05) is 11.9 Å². The van der Waals surface area contributed by atoms with E-state index in [0.29, 0.717) is 39.5 Å². The second-order valence-corrected chi connectivity index (χ2v) is 8.14. The van der Waals surface area contributed by atoms with Gasteiger partial charge in [0.1, 0.15) is 0 Å². The normalized spacial score (nSPS) is 10.9. The van der Waals surface area contributed by atoms with E-state index in [1.54, 1.807) is 52.5 Å². The molecule has 2 N–H and O–H groups in total. The van der Waals surface area contributed by atoms with Crippen LogP contribution in [0.4, 0.5) is 5.69 Å². The van der Waals surface area contributed by atoms with Crippen molar-refractivity contribution in [3.63, 3.8) is 0 Å². The first-order valence-electron chi connectivity index (χ1n) is 9.19. The molecule has 1 aromatic carbocycles. The Balaban J connectivity index is 1.48. The SMILES string of the molecule is Cc1cc(C(=O)NCC(=O)Nc2ccc(Cl)cc2)c2cnn(Cc3cccs3)c2n1. The predicted molar refractivity (Wildman–Crippen MR) is 118 cm³/mol. The molecule has 7 nitrogen and oxygen atoms in total. The van der Waals surface area contributed by atoms with Crippen LogP contribution in [0.2, 0.25) is 5.02 Å². The smallest absolute Gasteiger partial charge is 0.252 e. The summed E-state index contributed by atoms with van der Waals surface area (Å²) < 4.78 is 1.78. The lowest BCUT2D eigenvalue weighted by Gasteiger charge is -2.09. The summed E-state index contributed by atoms with van der Waals surface area (Å²) >= 11 is 7.48. The largest absolute Gasteiger partial charge is 0.343 e. The number of carbonyl (C=O) groups is 2. The maximum atomic E-state index is 12.8. The topological polar surface area (TPSA) is 88.9 Å². The zero-order chi connectivity index (χ0) is 21.1. The Labute approximate surface area is 181 Å². The highest BCUT2D eigenvalue weighted by Gasteiger charge is 2.17. The van der Waals surface area contributed by atoms with Crippen molar-refractivity contribution in [1.29, 1.82) is 0 Å². The molecule has 0 saturated carbocycles. The Hall–Kier alpha value is -3.23. The third-order valence-electron chi connectivity index (χ3n) is 4.41. The number of carbonyl (C=O) groups excluding carboxylic acids is 2. The van der Waals surface area contributed by atoms with Gasteiger partial charge in [-0.15, -0.1) is 11.3 Å². The molecule has 0 fully saturated rings. The lowest BCUT2D eigenvalue weighted by Crippen LogP contribution is -2.33. The van der Waals surface area contributed by atoms with E-state index in [2.05, 4.69) is 20.7 Å². The number of aryl methyl sites for hydroxylation is 1. The molecule has 0 atom stereocenters. The molecule has 0 unspecified atom stereocenters. The molecule has 0 bridgehead atoms. The van der Waals surface area contributed by atoms with Crippen LogP contribution in [0.3, 0.4) is 0 Å². The standard InChI is InChI=1S/C21H18ClN5O2S/c1-13-9-17(18-10-24-27(20(18)25-13)12-16-3-2-8-30-16)21(29)23-11-19(28)26-15-6-4-14(22)5-7-15/h2-10H,11-12H2,1H3,(H,23,29)(H,26,28). The fourth-order valence-electron chi connectivity index (χ4n) is 3.02. The van der Waals surface area contributed by atoms with Crippen molar-refractivity contribution in [1.82, 2.24) is 20.1 Å². The van der Waals surface area contributed by atoms with Gasteiger partial charge in [-0.25, -0.2) is 9.67 Å². The second-order valence-electron chi connectivity index (χ2n) is 6.67. The molecule has 9 heteroatoms. The number of halogens is 1. The van der Waals surface area contributed by atoms with E-state index in [9.17, 15) is 9.59 Å². The van der Waals surface area contributed by atoms with Gasteiger partial charge in [0.15, 0.2) is 5.65 Å². The summed E-state index contributed by atoms with van der Waals surface area (Å²) in [5.41, 5.74) is 2.38. The zero-order valence-electron chi connectivity index (χ0n) is 16.1. The van der Waals surface area contributed by atoms with Crippen LogP contribution < -0.4 is 10.6 Å². The van der Waals surface area contributed by atoms with Crippen LogP contribution in [0.15, 0.2) is 54.0 Å². The van der Waals surface area contributed by atoms with Crippen LogP contribution in [0.25, 0.3) is 11.0 Å².